The fraction of sp³-hybridized carbons (Fsp3) is 0.0870. The van der Waals surface area contributed by atoms with Gasteiger partial charge in [0.05, 0.1) is 5.69 Å². The molecule has 4 aromatic rings. The van der Waals surface area contributed by atoms with Gasteiger partial charge in [-0.2, -0.15) is 5.26 Å². The minimum absolute atomic E-state index is 0.402. The van der Waals surface area contributed by atoms with Gasteiger partial charge >= 0.3 is 0 Å². The van der Waals surface area contributed by atoms with Crippen molar-refractivity contribution in [2.24, 2.45) is 0 Å². The minimum Gasteiger partial charge on any atom is -0.298 e. The number of aromatic nitrogens is 3. The van der Waals surface area contributed by atoms with Gasteiger partial charge in [-0.15, -0.1) is 0 Å². The summed E-state index contributed by atoms with van der Waals surface area (Å²) < 4.78 is 2.02. The van der Waals surface area contributed by atoms with Gasteiger partial charge in [-0.05, 0) is 42.7 Å². The van der Waals surface area contributed by atoms with Crippen LogP contribution in [-0.4, -0.2) is 14.5 Å². The molecular weight excluding hydrogens is 332 g/mol. The number of nitriles is 1. The fourth-order valence-electron chi connectivity index (χ4n) is 3.37. The molecule has 0 bridgehead atoms. The van der Waals surface area contributed by atoms with E-state index in [1.54, 1.807) is 12.4 Å². The van der Waals surface area contributed by atoms with E-state index in [9.17, 15) is 5.26 Å². The van der Waals surface area contributed by atoms with Gasteiger partial charge in [-0.3, -0.25) is 9.55 Å². The zero-order valence-corrected chi connectivity index (χ0v) is 15.2. The van der Waals surface area contributed by atoms with E-state index in [4.69, 9.17) is 0 Å². The van der Waals surface area contributed by atoms with Gasteiger partial charge in [0, 0.05) is 29.7 Å². The van der Waals surface area contributed by atoms with E-state index in [2.05, 4.69) is 54.2 Å². The van der Waals surface area contributed by atoms with Gasteiger partial charge in [0.25, 0.3) is 0 Å². The predicted molar refractivity (Wildman–Crippen MR) is 106 cm³/mol. The zero-order valence-electron chi connectivity index (χ0n) is 15.2. The maximum Gasteiger partial charge on any atom is 0.159 e. The summed E-state index contributed by atoms with van der Waals surface area (Å²) in [6.07, 6.45) is 5.42. The Kier molecular flexibility index (Phi) is 4.27. The summed E-state index contributed by atoms with van der Waals surface area (Å²) in [7, 11) is 0. The monoisotopic (exact) mass is 350 g/mol. The maximum absolute atomic E-state index is 9.41. The van der Waals surface area contributed by atoms with Crippen LogP contribution in [-0.2, 0) is 0 Å². The lowest BCUT2D eigenvalue weighted by atomic mass is 10.0. The number of imidazole rings is 1. The van der Waals surface area contributed by atoms with Crippen molar-refractivity contribution in [1.29, 1.82) is 5.26 Å². The Labute approximate surface area is 158 Å². The highest BCUT2D eigenvalue weighted by Gasteiger charge is 2.15. The molecule has 0 saturated heterocycles. The van der Waals surface area contributed by atoms with Crippen LogP contribution in [0.15, 0.2) is 73.2 Å². The Hall–Kier alpha value is -3.71. The Morgan fingerprint density at radius 2 is 1.59 bits per heavy atom. The Morgan fingerprint density at radius 1 is 0.889 bits per heavy atom. The maximum atomic E-state index is 9.41. The van der Waals surface area contributed by atoms with Crippen molar-refractivity contribution < 1.29 is 0 Å². The molecule has 0 aliphatic carbocycles. The van der Waals surface area contributed by atoms with Crippen LogP contribution in [0.5, 0.6) is 0 Å². The first-order valence-electron chi connectivity index (χ1n) is 8.74. The van der Waals surface area contributed by atoms with Crippen LogP contribution in [0.1, 0.15) is 16.8 Å². The molecule has 4 heteroatoms. The van der Waals surface area contributed by atoms with Gasteiger partial charge < -0.3 is 0 Å². The minimum atomic E-state index is 0.402. The molecule has 0 fully saturated rings. The standard InChI is InChI=1S/C23H18N4/c1-16-6-3-7-17(2)22(16)27-15-21(13-24)26-23(27)19-9-4-8-18(12-19)20-10-5-11-25-14-20/h3-12,14-15H,1-2H3. The molecule has 2 heterocycles. The van der Waals surface area contributed by atoms with Crippen LogP contribution in [0.25, 0.3) is 28.2 Å². The van der Waals surface area contributed by atoms with E-state index in [0.717, 1.165) is 39.3 Å². The van der Waals surface area contributed by atoms with Gasteiger partial charge in [-0.25, -0.2) is 4.98 Å². The third-order valence-electron chi connectivity index (χ3n) is 4.62. The molecule has 0 atom stereocenters. The summed E-state index contributed by atoms with van der Waals surface area (Å²) in [5.41, 5.74) is 6.82. The molecule has 0 unspecified atom stereocenters. The zero-order chi connectivity index (χ0) is 18.8. The van der Waals surface area contributed by atoms with Crippen LogP contribution >= 0.6 is 0 Å². The van der Waals surface area contributed by atoms with E-state index >= 15 is 0 Å². The van der Waals surface area contributed by atoms with Gasteiger partial charge in [0.1, 0.15) is 11.9 Å². The molecule has 0 radical (unpaired) electrons. The number of benzene rings is 2. The Morgan fingerprint density at radius 3 is 2.30 bits per heavy atom. The highest BCUT2D eigenvalue weighted by atomic mass is 15.1. The lowest BCUT2D eigenvalue weighted by Gasteiger charge is -2.14. The van der Waals surface area contributed by atoms with Crippen LogP contribution < -0.4 is 0 Å². The topological polar surface area (TPSA) is 54.5 Å². The van der Waals surface area contributed by atoms with E-state index in [0.29, 0.717) is 5.69 Å². The van der Waals surface area contributed by atoms with Crippen LogP contribution in [0, 0.1) is 25.2 Å². The molecule has 0 saturated carbocycles. The first-order valence-corrected chi connectivity index (χ1v) is 8.74. The Bertz CT molecular complexity index is 1130. The lowest BCUT2D eigenvalue weighted by Crippen LogP contribution is -2.01. The molecular formula is C23H18N4. The largest absolute Gasteiger partial charge is 0.298 e. The summed E-state index contributed by atoms with van der Waals surface area (Å²) in [6.45, 7) is 4.15. The SMILES string of the molecule is Cc1cccc(C)c1-n1cc(C#N)nc1-c1cccc(-c2cccnc2)c1. The third-order valence-corrected chi connectivity index (χ3v) is 4.62. The lowest BCUT2D eigenvalue weighted by molar-refractivity contribution is 1.03. The van der Waals surface area contributed by atoms with Gasteiger partial charge in [0.2, 0.25) is 0 Å². The van der Waals surface area contributed by atoms with Crippen molar-refractivity contribution in [2.75, 3.05) is 0 Å². The van der Waals surface area contributed by atoms with Crippen molar-refractivity contribution in [3.63, 3.8) is 0 Å². The first kappa shape index (κ1) is 16.7. The second kappa shape index (κ2) is 6.89. The van der Waals surface area contributed by atoms with Crippen LogP contribution in [0.4, 0.5) is 0 Å². The van der Waals surface area contributed by atoms with Crippen molar-refractivity contribution in [3.8, 4) is 34.3 Å². The summed E-state index contributed by atoms with van der Waals surface area (Å²) in [6, 6.07) is 20.5. The number of pyridine rings is 1. The van der Waals surface area contributed by atoms with Crippen molar-refractivity contribution >= 4 is 0 Å². The number of hydrogen-bond donors (Lipinski definition) is 0. The highest BCUT2D eigenvalue weighted by molar-refractivity contribution is 5.71. The molecule has 2 aromatic carbocycles. The quantitative estimate of drug-likeness (QED) is 0.517. The van der Waals surface area contributed by atoms with E-state index in [1.807, 2.05) is 41.1 Å². The number of para-hydroxylation sites is 1. The summed E-state index contributed by atoms with van der Waals surface area (Å²) in [5, 5.41) is 9.41. The second-order valence-corrected chi connectivity index (χ2v) is 6.49. The van der Waals surface area contributed by atoms with Crippen LogP contribution in [0.2, 0.25) is 0 Å². The molecule has 130 valence electrons. The van der Waals surface area contributed by atoms with Crippen molar-refractivity contribution in [2.45, 2.75) is 13.8 Å². The molecule has 2 aromatic heterocycles. The van der Waals surface area contributed by atoms with Gasteiger partial charge in [-0.1, -0.05) is 42.5 Å². The van der Waals surface area contributed by atoms with Gasteiger partial charge in [0.15, 0.2) is 5.69 Å². The van der Waals surface area contributed by atoms with E-state index in [1.165, 1.54) is 0 Å². The average molecular weight is 350 g/mol. The number of nitrogens with zero attached hydrogens (tertiary/aromatic N) is 4. The second-order valence-electron chi connectivity index (χ2n) is 6.49. The Balaban J connectivity index is 1.91. The summed E-state index contributed by atoms with van der Waals surface area (Å²) in [4.78, 5) is 8.78. The van der Waals surface area contributed by atoms with E-state index in [-0.39, 0.29) is 0 Å². The van der Waals surface area contributed by atoms with Crippen molar-refractivity contribution in [3.05, 3.63) is 90.0 Å². The van der Waals surface area contributed by atoms with Crippen LogP contribution in [0.3, 0.4) is 0 Å². The molecule has 0 amide bonds. The molecule has 0 aliphatic rings. The molecule has 4 nitrogen and oxygen atoms in total. The number of hydrogen-bond acceptors (Lipinski definition) is 3. The average Bonchev–Trinajstić information content (AvgIpc) is 3.13. The number of aryl methyl sites for hydroxylation is 2. The predicted octanol–water partition coefficient (Wildman–Crippen LogP) is 5.09. The summed E-state index contributed by atoms with van der Waals surface area (Å²) in [5.74, 6) is 0.759. The molecule has 0 aliphatic heterocycles. The fourth-order valence-corrected chi connectivity index (χ4v) is 3.37. The third kappa shape index (κ3) is 3.11. The smallest absolute Gasteiger partial charge is 0.159 e. The highest BCUT2D eigenvalue weighted by Crippen LogP contribution is 2.29. The molecule has 0 N–H and O–H groups in total. The normalized spacial score (nSPS) is 10.6. The number of rotatable bonds is 3. The first-order chi connectivity index (χ1) is 13.2. The van der Waals surface area contributed by atoms with E-state index < -0.39 is 0 Å². The molecule has 0 spiro atoms. The van der Waals surface area contributed by atoms with Crippen molar-refractivity contribution in [1.82, 2.24) is 14.5 Å². The molecule has 4 rings (SSSR count). The summed E-state index contributed by atoms with van der Waals surface area (Å²) >= 11 is 0. The molecule has 27 heavy (non-hydrogen) atoms.